The summed E-state index contributed by atoms with van der Waals surface area (Å²) >= 11 is 0. The van der Waals surface area contributed by atoms with Gasteiger partial charge in [0.1, 0.15) is 17.6 Å². The molecule has 0 spiro atoms. The number of terminal acetylenes is 1. The third kappa shape index (κ3) is 8.15. The summed E-state index contributed by atoms with van der Waals surface area (Å²) in [7, 11) is 3.81. The van der Waals surface area contributed by atoms with Gasteiger partial charge in [0, 0.05) is 20.1 Å². The summed E-state index contributed by atoms with van der Waals surface area (Å²) in [5.41, 5.74) is 6.81. The molecule has 1 aromatic heterocycles. The molecule has 7 heteroatoms. The maximum atomic E-state index is 5.96. The lowest BCUT2D eigenvalue weighted by molar-refractivity contribution is 0.172. The largest absolute Gasteiger partial charge is 0.461 e. The van der Waals surface area contributed by atoms with Crippen molar-refractivity contribution in [3.05, 3.63) is 18.1 Å². The average Bonchev–Trinajstić information content (AvgIpc) is 3.32. The van der Waals surface area contributed by atoms with Crippen molar-refractivity contribution in [2.75, 3.05) is 27.2 Å². The number of nitrogens with zero attached hydrogens (tertiary/aromatic N) is 3. The van der Waals surface area contributed by atoms with E-state index >= 15 is 0 Å². The van der Waals surface area contributed by atoms with Gasteiger partial charge >= 0.3 is 0 Å². The number of hydrogen-bond donors (Lipinski definition) is 3. The lowest BCUT2D eigenvalue weighted by atomic mass is 10.3. The minimum absolute atomic E-state index is 0.292. The van der Waals surface area contributed by atoms with Crippen molar-refractivity contribution in [3.8, 4) is 12.3 Å². The number of fused-ring (bicyclic) bond motifs is 1. The Bertz CT molecular complexity index is 636. The van der Waals surface area contributed by atoms with Crippen LogP contribution in [0, 0.1) is 19.3 Å². The number of nitrogens with one attached hydrogen (secondary N) is 2. The number of amidine groups is 1. The van der Waals surface area contributed by atoms with Gasteiger partial charge in [-0.1, -0.05) is 20.4 Å². The van der Waals surface area contributed by atoms with E-state index < -0.39 is 0 Å². The van der Waals surface area contributed by atoms with Gasteiger partial charge in [0.25, 0.3) is 6.02 Å². The van der Waals surface area contributed by atoms with Crippen LogP contribution in [-0.4, -0.2) is 54.2 Å². The zero-order chi connectivity index (χ0) is 21.5. The predicted molar refractivity (Wildman–Crippen MR) is 119 cm³/mol. The number of likely N-dealkylation sites (N-methyl/N-ethyl adjacent to an activating group) is 1. The minimum Gasteiger partial charge on any atom is -0.461 e. The Morgan fingerprint density at radius 1 is 1.39 bits per heavy atom. The summed E-state index contributed by atoms with van der Waals surface area (Å²) in [5, 5.41) is 2.89. The number of hydrogen-bond acceptors (Lipinski definition) is 6. The number of imidazole rings is 1. The molecule has 0 bridgehead atoms. The van der Waals surface area contributed by atoms with Gasteiger partial charge in [-0.05, 0) is 46.6 Å². The van der Waals surface area contributed by atoms with Gasteiger partial charge in [0.2, 0.25) is 0 Å². The standard InChI is InChI=1S/C13H18N4O.C3H10N2.C3H4.C2H6/c1-8-11-12(15-9(2)14-11)16-13(17(8)3)18-10-6-4-5-7-10;1-5-3-2-4;1-3-2;1-2/h10H,1,4-7H2,2-3H3,(H,14,15);5H,2-4H2,1H3;1H,2H3;1-2H3. The monoisotopic (exact) mass is 390 g/mol. The van der Waals surface area contributed by atoms with Gasteiger partial charge in [0.05, 0.1) is 5.70 Å². The van der Waals surface area contributed by atoms with Crippen molar-refractivity contribution >= 4 is 17.5 Å². The highest BCUT2D eigenvalue weighted by atomic mass is 16.5. The molecule has 158 valence electrons. The highest BCUT2D eigenvalue weighted by molar-refractivity contribution is 5.91. The van der Waals surface area contributed by atoms with Crippen molar-refractivity contribution < 1.29 is 4.74 Å². The molecular weight excluding hydrogens is 352 g/mol. The molecule has 3 rings (SSSR count). The zero-order valence-corrected chi connectivity index (χ0v) is 18.4. The molecule has 28 heavy (non-hydrogen) atoms. The van der Waals surface area contributed by atoms with E-state index in [1.165, 1.54) is 12.8 Å². The first-order valence-corrected chi connectivity index (χ1v) is 9.95. The van der Waals surface area contributed by atoms with Crippen LogP contribution in [0.5, 0.6) is 0 Å². The van der Waals surface area contributed by atoms with E-state index in [9.17, 15) is 0 Å². The number of aliphatic imine (C=N–C) groups is 1. The molecule has 0 aromatic carbocycles. The van der Waals surface area contributed by atoms with E-state index in [2.05, 4.69) is 39.2 Å². The number of aryl methyl sites for hydroxylation is 1. The Morgan fingerprint density at radius 3 is 2.43 bits per heavy atom. The molecule has 1 aliphatic carbocycles. The van der Waals surface area contributed by atoms with Crippen molar-refractivity contribution in [1.82, 2.24) is 20.2 Å². The van der Waals surface area contributed by atoms with Crippen LogP contribution < -0.4 is 11.1 Å². The first-order valence-electron chi connectivity index (χ1n) is 9.95. The van der Waals surface area contributed by atoms with Gasteiger partial charge in [-0.25, -0.2) is 4.98 Å². The van der Waals surface area contributed by atoms with Crippen LogP contribution in [-0.2, 0) is 4.74 Å². The summed E-state index contributed by atoms with van der Waals surface area (Å²) in [6.07, 6.45) is 9.61. The SMILES string of the molecule is C#CC.C=C1c2[nH]c(C)nc2N=C(OC2CCCC2)N1C.CC.CNCCN. The first kappa shape index (κ1) is 25.7. The summed E-state index contributed by atoms with van der Waals surface area (Å²) in [6.45, 7) is 13.3. The Balaban J connectivity index is 0.000000619. The quantitative estimate of drug-likeness (QED) is 0.688. The minimum atomic E-state index is 0.292. The summed E-state index contributed by atoms with van der Waals surface area (Å²) in [5.74, 6) is 3.78. The molecule has 1 fully saturated rings. The molecule has 1 aliphatic heterocycles. The fourth-order valence-electron chi connectivity index (χ4n) is 2.62. The molecule has 4 N–H and O–H groups in total. The normalized spacial score (nSPS) is 14.9. The van der Waals surface area contributed by atoms with E-state index in [1.807, 2.05) is 39.8 Å². The molecule has 7 nitrogen and oxygen atoms in total. The lowest BCUT2D eigenvalue weighted by Gasteiger charge is -2.27. The van der Waals surface area contributed by atoms with Crippen LogP contribution in [0.15, 0.2) is 11.6 Å². The van der Waals surface area contributed by atoms with E-state index in [1.54, 1.807) is 6.92 Å². The molecule has 2 aliphatic rings. The molecule has 0 atom stereocenters. The number of H-pyrrole nitrogens is 1. The predicted octanol–water partition coefficient (Wildman–Crippen LogP) is 3.41. The van der Waals surface area contributed by atoms with Crippen LogP contribution in [0.25, 0.3) is 5.70 Å². The number of nitrogens with two attached hydrogens (primary N) is 1. The first-order chi connectivity index (χ1) is 13.5. The maximum Gasteiger partial charge on any atom is 0.298 e. The molecule has 0 unspecified atom stereocenters. The zero-order valence-electron chi connectivity index (χ0n) is 18.4. The number of rotatable bonds is 3. The van der Waals surface area contributed by atoms with E-state index in [-0.39, 0.29) is 0 Å². The lowest BCUT2D eigenvalue weighted by Crippen LogP contribution is -2.32. The second-order valence-electron chi connectivity index (χ2n) is 6.13. The Morgan fingerprint density at radius 2 is 1.96 bits per heavy atom. The Hall–Kier alpha value is -2.30. The molecular formula is C21H38N6O. The molecule has 1 aromatic rings. The number of aromatic nitrogens is 2. The molecule has 2 heterocycles. The average molecular weight is 391 g/mol. The van der Waals surface area contributed by atoms with Crippen molar-refractivity contribution in [1.29, 1.82) is 0 Å². The molecule has 1 saturated carbocycles. The smallest absolute Gasteiger partial charge is 0.298 e. The van der Waals surface area contributed by atoms with Crippen molar-refractivity contribution in [2.24, 2.45) is 10.7 Å². The van der Waals surface area contributed by atoms with E-state index in [0.29, 0.717) is 17.9 Å². The van der Waals surface area contributed by atoms with Crippen LogP contribution in [0.4, 0.5) is 5.82 Å². The number of ether oxygens (including phenoxy) is 1. The summed E-state index contributed by atoms with van der Waals surface area (Å²) < 4.78 is 5.96. The Kier molecular flexibility index (Phi) is 13.5. The maximum absolute atomic E-state index is 5.96. The highest BCUT2D eigenvalue weighted by Gasteiger charge is 2.27. The van der Waals surface area contributed by atoms with Gasteiger partial charge in [-0.15, -0.1) is 12.3 Å². The van der Waals surface area contributed by atoms with Gasteiger partial charge in [0.15, 0.2) is 5.82 Å². The van der Waals surface area contributed by atoms with Crippen molar-refractivity contribution in [3.63, 3.8) is 0 Å². The summed E-state index contributed by atoms with van der Waals surface area (Å²) in [6, 6.07) is 0.617. The molecule has 0 amide bonds. The fraction of sp³-hybridized carbons (Fsp3) is 0.619. The fourth-order valence-corrected chi connectivity index (χ4v) is 2.62. The second kappa shape index (κ2) is 14.7. The van der Waals surface area contributed by atoms with E-state index in [0.717, 1.165) is 43.1 Å². The van der Waals surface area contributed by atoms with Gasteiger partial charge in [-0.3, -0.25) is 4.90 Å². The highest BCUT2D eigenvalue weighted by Crippen LogP contribution is 2.31. The van der Waals surface area contributed by atoms with Gasteiger partial charge < -0.3 is 20.8 Å². The van der Waals surface area contributed by atoms with Crippen LogP contribution in [0.1, 0.15) is 58.0 Å². The summed E-state index contributed by atoms with van der Waals surface area (Å²) in [4.78, 5) is 13.9. The molecule has 0 radical (unpaired) electrons. The Labute approximate surface area is 170 Å². The topological polar surface area (TPSA) is 91.6 Å². The van der Waals surface area contributed by atoms with E-state index in [4.69, 9.17) is 10.5 Å². The van der Waals surface area contributed by atoms with Crippen LogP contribution in [0.2, 0.25) is 0 Å². The molecule has 0 saturated heterocycles. The third-order valence-electron chi connectivity index (χ3n) is 3.95. The van der Waals surface area contributed by atoms with Crippen molar-refractivity contribution in [2.45, 2.75) is 59.5 Å². The van der Waals surface area contributed by atoms with Crippen LogP contribution >= 0.6 is 0 Å². The van der Waals surface area contributed by atoms with Crippen LogP contribution in [0.3, 0.4) is 0 Å². The third-order valence-corrected chi connectivity index (χ3v) is 3.95. The van der Waals surface area contributed by atoms with Gasteiger partial charge in [-0.2, -0.15) is 4.99 Å². The second-order valence-corrected chi connectivity index (χ2v) is 6.13. The number of aromatic amines is 1.